The number of aryl methyl sites for hydroxylation is 1. The summed E-state index contributed by atoms with van der Waals surface area (Å²) in [7, 11) is 0. The van der Waals surface area contributed by atoms with E-state index < -0.39 is 5.91 Å². The van der Waals surface area contributed by atoms with Gasteiger partial charge in [0.25, 0.3) is 5.91 Å². The molecule has 1 amide bonds. The standard InChI is InChI=1S/C24H20BrClN4O2/c1-3-32-20-11-9-19(10-12-20)30-23(16-4-7-18(26)8-5-16)28-22(29-30)24(31)27-21-13-6-17(25)14-15(21)2/h4-14H,3H2,1-2H3,(H,27,31). The van der Waals surface area contributed by atoms with Crippen LogP contribution in [0.1, 0.15) is 23.1 Å². The Morgan fingerprint density at radius 3 is 2.47 bits per heavy atom. The van der Waals surface area contributed by atoms with Crippen molar-refractivity contribution in [2.24, 2.45) is 0 Å². The van der Waals surface area contributed by atoms with Gasteiger partial charge in [-0.25, -0.2) is 9.67 Å². The third-order valence-corrected chi connectivity index (χ3v) is 5.49. The first-order valence-electron chi connectivity index (χ1n) is 9.98. The normalized spacial score (nSPS) is 10.8. The number of ether oxygens (including phenoxy) is 1. The maximum atomic E-state index is 13.0. The monoisotopic (exact) mass is 510 g/mol. The molecular weight excluding hydrogens is 492 g/mol. The first kappa shape index (κ1) is 22.0. The third kappa shape index (κ3) is 4.84. The van der Waals surface area contributed by atoms with Crippen LogP contribution < -0.4 is 10.1 Å². The number of hydrogen-bond acceptors (Lipinski definition) is 4. The van der Waals surface area contributed by atoms with Crippen LogP contribution in [-0.2, 0) is 0 Å². The molecule has 4 rings (SSSR count). The molecule has 0 aliphatic heterocycles. The lowest BCUT2D eigenvalue weighted by molar-refractivity contribution is 0.101. The zero-order chi connectivity index (χ0) is 22.7. The van der Waals surface area contributed by atoms with Gasteiger partial charge in [-0.05, 0) is 86.1 Å². The summed E-state index contributed by atoms with van der Waals surface area (Å²) in [5, 5.41) is 8.02. The fourth-order valence-corrected chi connectivity index (χ4v) is 3.77. The lowest BCUT2D eigenvalue weighted by Crippen LogP contribution is -2.15. The first-order valence-corrected chi connectivity index (χ1v) is 11.2. The number of nitrogens with one attached hydrogen (secondary N) is 1. The molecule has 0 radical (unpaired) electrons. The van der Waals surface area contributed by atoms with Gasteiger partial charge in [-0.15, -0.1) is 5.10 Å². The van der Waals surface area contributed by atoms with Crippen molar-refractivity contribution in [2.75, 3.05) is 11.9 Å². The van der Waals surface area contributed by atoms with Gasteiger partial charge in [0.15, 0.2) is 5.82 Å². The highest BCUT2D eigenvalue weighted by molar-refractivity contribution is 9.10. The van der Waals surface area contributed by atoms with Crippen molar-refractivity contribution in [1.29, 1.82) is 0 Å². The molecule has 3 aromatic carbocycles. The summed E-state index contributed by atoms with van der Waals surface area (Å²) in [5.74, 6) is 0.957. The van der Waals surface area contributed by atoms with E-state index in [-0.39, 0.29) is 5.82 Å². The van der Waals surface area contributed by atoms with Gasteiger partial charge in [0.1, 0.15) is 5.75 Å². The molecule has 162 valence electrons. The molecule has 0 saturated carbocycles. The molecule has 32 heavy (non-hydrogen) atoms. The Morgan fingerprint density at radius 1 is 1.09 bits per heavy atom. The Bertz CT molecular complexity index is 1250. The number of carbonyl (C=O) groups is 1. The summed E-state index contributed by atoms with van der Waals surface area (Å²) in [6.45, 7) is 4.44. The van der Waals surface area contributed by atoms with Crippen molar-refractivity contribution < 1.29 is 9.53 Å². The number of carbonyl (C=O) groups excluding carboxylic acids is 1. The van der Waals surface area contributed by atoms with Crippen molar-refractivity contribution >= 4 is 39.1 Å². The van der Waals surface area contributed by atoms with Crippen molar-refractivity contribution in [1.82, 2.24) is 14.8 Å². The van der Waals surface area contributed by atoms with Crippen LogP contribution in [0, 0.1) is 6.92 Å². The molecule has 1 N–H and O–H groups in total. The van der Waals surface area contributed by atoms with E-state index in [0.717, 1.165) is 27.0 Å². The molecule has 0 saturated heterocycles. The van der Waals surface area contributed by atoms with Crippen LogP contribution in [0.3, 0.4) is 0 Å². The molecule has 1 aromatic heterocycles. The minimum atomic E-state index is -0.393. The highest BCUT2D eigenvalue weighted by Crippen LogP contribution is 2.25. The van der Waals surface area contributed by atoms with Crippen LogP contribution in [0.15, 0.2) is 71.2 Å². The molecule has 0 aliphatic rings. The quantitative estimate of drug-likeness (QED) is 0.329. The summed E-state index contributed by atoms with van der Waals surface area (Å²) >= 11 is 9.48. The molecule has 0 bridgehead atoms. The average Bonchev–Trinajstić information content (AvgIpc) is 3.22. The second-order valence-corrected chi connectivity index (χ2v) is 8.37. The second kappa shape index (κ2) is 9.54. The molecule has 0 fully saturated rings. The first-order chi connectivity index (χ1) is 15.4. The molecule has 0 spiro atoms. The molecule has 1 heterocycles. The summed E-state index contributed by atoms with van der Waals surface area (Å²) in [6.07, 6.45) is 0. The number of hydrogen-bond donors (Lipinski definition) is 1. The van der Waals surface area contributed by atoms with Gasteiger partial charge in [0.2, 0.25) is 5.82 Å². The SMILES string of the molecule is CCOc1ccc(-n2nc(C(=O)Nc3ccc(Br)cc3C)nc2-c2ccc(Cl)cc2)cc1. The number of nitrogens with zero attached hydrogens (tertiary/aromatic N) is 3. The number of amides is 1. The zero-order valence-corrected chi connectivity index (χ0v) is 19.8. The maximum Gasteiger partial charge on any atom is 0.295 e. The van der Waals surface area contributed by atoms with Gasteiger partial charge in [0.05, 0.1) is 12.3 Å². The highest BCUT2D eigenvalue weighted by atomic mass is 79.9. The van der Waals surface area contributed by atoms with E-state index in [4.69, 9.17) is 16.3 Å². The van der Waals surface area contributed by atoms with E-state index in [1.54, 1.807) is 16.8 Å². The molecular formula is C24H20BrClN4O2. The largest absolute Gasteiger partial charge is 0.494 e. The van der Waals surface area contributed by atoms with Crippen LogP contribution >= 0.6 is 27.5 Å². The van der Waals surface area contributed by atoms with Crippen molar-refractivity contribution in [3.8, 4) is 22.8 Å². The second-order valence-electron chi connectivity index (χ2n) is 7.02. The smallest absolute Gasteiger partial charge is 0.295 e. The average molecular weight is 512 g/mol. The summed E-state index contributed by atoms with van der Waals surface area (Å²) in [5.41, 5.74) is 3.17. The number of rotatable bonds is 6. The van der Waals surface area contributed by atoms with E-state index in [0.29, 0.717) is 23.1 Å². The minimum absolute atomic E-state index is 0.0613. The summed E-state index contributed by atoms with van der Waals surface area (Å²) in [4.78, 5) is 17.5. The molecule has 0 unspecified atom stereocenters. The number of anilines is 1. The molecule has 6 nitrogen and oxygen atoms in total. The molecule has 0 aliphatic carbocycles. The fraction of sp³-hybridized carbons (Fsp3) is 0.125. The van der Waals surface area contributed by atoms with Gasteiger partial charge in [0, 0.05) is 20.7 Å². The maximum absolute atomic E-state index is 13.0. The van der Waals surface area contributed by atoms with E-state index in [9.17, 15) is 4.79 Å². The van der Waals surface area contributed by atoms with Gasteiger partial charge in [-0.2, -0.15) is 0 Å². The van der Waals surface area contributed by atoms with Crippen LogP contribution in [0.5, 0.6) is 5.75 Å². The molecule has 4 aromatic rings. The molecule has 0 atom stereocenters. The molecule has 8 heteroatoms. The van der Waals surface area contributed by atoms with E-state index in [1.165, 1.54) is 0 Å². The summed E-state index contributed by atoms with van der Waals surface area (Å²) < 4.78 is 8.11. The van der Waals surface area contributed by atoms with Crippen molar-refractivity contribution in [3.05, 3.63) is 87.6 Å². The van der Waals surface area contributed by atoms with Gasteiger partial charge < -0.3 is 10.1 Å². The fourth-order valence-electron chi connectivity index (χ4n) is 3.17. The Labute approximate surface area is 199 Å². The number of benzene rings is 3. The van der Waals surface area contributed by atoms with Crippen LogP contribution in [0.2, 0.25) is 5.02 Å². The van der Waals surface area contributed by atoms with Crippen LogP contribution in [0.4, 0.5) is 5.69 Å². The predicted molar refractivity (Wildman–Crippen MR) is 130 cm³/mol. The number of aromatic nitrogens is 3. The third-order valence-electron chi connectivity index (χ3n) is 4.74. The van der Waals surface area contributed by atoms with E-state index in [1.807, 2.05) is 68.4 Å². The highest BCUT2D eigenvalue weighted by Gasteiger charge is 2.19. The topological polar surface area (TPSA) is 69.0 Å². The van der Waals surface area contributed by atoms with Crippen molar-refractivity contribution in [3.63, 3.8) is 0 Å². The van der Waals surface area contributed by atoms with E-state index in [2.05, 4.69) is 31.3 Å². The van der Waals surface area contributed by atoms with Gasteiger partial charge in [-0.1, -0.05) is 27.5 Å². The predicted octanol–water partition coefficient (Wildman–Crippen LogP) is 6.31. The zero-order valence-electron chi connectivity index (χ0n) is 17.5. The Kier molecular flexibility index (Phi) is 6.58. The van der Waals surface area contributed by atoms with Crippen molar-refractivity contribution in [2.45, 2.75) is 13.8 Å². The Hall–Kier alpha value is -3.16. The van der Waals surface area contributed by atoms with Gasteiger partial charge >= 0.3 is 0 Å². The summed E-state index contributed by atoms with van der Waals surface area (Å²) in [6, 6.07) is 20.3. The van der Waals surface area contributed by atoms with Gasteiger partial charge in [-0.3, -0.25) is 4.79 Å². The van der Waals surface area contributed by atoms with E-state index >= 15 is 0 Å². The Balaban J connectivity index is 1.73. The number of halogens is 2. The Morgan fingerprint density at radius 2 is 1.81 bits per heavy atom. The lowest BCUT2D eigenvalue weighted by Gasteiger charge is -2.08. The lowest BCUT2D eigenvalue weighted by atomic mass is 10.2. The minimum Gasteiger partial charge on any atom is -0.494 e. The van der Waals surface area contributed by atoms with Crippen LogP contribution in [-0.4, -0.2) is 27.3 Å². The van der Waals surface area contributed by atoms with Crippen LogP contribution in [0.25, 0.3) is 17.1 Å².